The van der Waals surface area contributed by atoms with Crippen molar-refractivity contribution in [3.8, 4) is 0 Å². The van der Waals surface area contributed by atoms with Crippen LogP contribution in [0.25, 0.3) is 0 Å². The summed E-state index contributed by atoms with van der Waals surface area (Å²) in [7, 11) is 1.74. The number of rotatable bonds is 3. The van der Waals surface area contributed by atoms with Gasteiger partial charge in [0.2, 0.25) is 0 Å². The van der Waals surface area contributed by atoms with E-state index in [9.17, 15) is 4.79 Å². The molecule has 0 aromatic carbocycles. The van der Waals surface area contributed by atoms with Crippen LogP contribution in [0.2, 0.25) is 5.22 Å². The highest BCUT2D eigenvalue weighted by Crippen LogP contribution is 2.20. The van der Waals surface area contributed by atoms with Crippen molar-refractivity contribution in [1.29, 1.82) is 0 Å². The highest BCUT2D eigenvalue weighted by molar-refractivity contribution is 9.09. The standard InChI is InChI=1S/C10H13BrClNO2/c1-10(2,6-11)13(3)9(14)7-4-5-8(12)15-7/h4-5H,6H2,1-3H3. The van der Waals surface area contributed by atoms with Gasteiger partial charge in [0.25, 0.3) is 5.91 Å². The van der Waals surface area contributed by atoms with Crippen molar-refractivity contribution in [2.24, 2.45) is 0 Å². The zero-order chi connectivity index (χ0) is 11.6. The molecular weight excluding hydrogens is 281 g/mol. The molecule has 1 aromatic heterocycles. The average Bonchev–Trinajstić information content (AvgIpc) is 2.62. The van der Waals surface area contributed by atoms with E-state index in [0.717, 1.165) is 0 Å². The minimum atomic E-state index is -0.268. The Bertz CT molecular complexity index is 362. The number of alkyl halides is 1. The van der Waals surface area contributed by atoms with Gasteiger partial charge >= 0.3 is 0 Å². The van der Waals surface area contributed by atoms with Gasteiger partial charge in [-0.1, -0.05) is 15.9 Å². The predicted octanol–water partition coefficient (Wildman–Crippen LogP) is 3.18. The minimum absolute atomic E-state index is 0.175. The zero-order valence-electron chi connectivity index (χ0n) is 8.88. The van der Waals surface area contributed by atoms with E-state index in [1.54, 1.807) is 24.1 Å². The Morgan fingerprint density at radius 3 is 2.60 bits per heavy atom. The topological polar surface area (TPSA) is 33.5 Å². The Morgan fingerprint density at radius 2 is 2.20 bits per heavy atom. The maximum Gasteiger partial charge on any atom is 0.289 e. The van der Waals surface area contributed by atoms with Crippen molar-refractivity contribution in [3.63, 3.8) is 0 Å². The molecule has 0 saturated carbocycles. The van der Waals surface area contributed by atoms with Crippen LogP contribution in [0.5, 0.6) is 0 Å². The summed E-state index contributed by atoms with van der Waals surface area (Å²) in [4.78, 5) is 13.5. The largest absolute Gasteiger partial charge is 0.440 e. The fourth-order valence-electron chi connectivity index (χ4n) is 0.959. The molecular formula is C10H13BrClNO2. The second-order valence-electron chi connectivity index (χ2n) is 3.91. The lowest BCUT2D eigenvalue weighted by atomic mass is 10.1. The Kier molecular flexibility index (Phi) is 3.84. The smallest absolute Gasteiger partial charge is 0.289 e. The molecule has 0 bridgehead atoms. The number of amides is 1. The number of nitrogens with zero attached hydrogens (tertiary/aromatic N) is 1. The SMILES string of the molecule is CN(C(=O)c1ccc(Cl)o1)C(C)(C)CBr. The number of carbonyl (C=O) groups excluding carboxylic acids is 1. The van der Waals surface area contributed by atoms with E-state index in [2.05, 4.69) is 15.9 Å². The molecule has 3 nitrogen and oxygen atoms in total. The van der Waals surface area contributed by atoms with E-state index < -0.39 is 0 Å². The summed E-state index contributed by atoms with van der Waals surface area (Å²) in [5.74, 6) is 0.0860. The fraction of sp³-hybridized carbons (Fsp3) is 0.500. The van der Waals surface area contributed by atoms with Crippen LogP contribution in [-0.4, -0.2) is 28.7 Å². The van der Waals surface area contributed by atoms with E-state index >= 15 is 0 Å². The molecule has 15 heavy (non-hydrogen) atoms. The van der Waals surface area contributed by atoms with E-state index in [1.165, 1.54) is 0 Å². The molecule has 0 N–H and O–H groups in total. The normalized spacial score (nSPS) is 11.5. The monoisotopic (exact) mass is 293 g/mol. The van der Waals surface area contributed by atoms with Gasteiger partial charge in [-0.25, -0.2) is 0 Å². The highest BCUT2D eigenvalue weighted by Gasteiger charge is 2.28. The van der Waals surface area contributed by atoms with Gasteiger partial charge in [0, 0.05) is 17.9 Å². The van der Waals surface area contributed by atoms with Gasteiger partial charge in [-0.3, -0.25) is 4.79 Å². The first kappa shape index (κ1) is 12.6. The zero-order valence-corrected chi connectivity index (χ0v) is 11.2. The van der Waals surface area contributed by atoms with Crippen molar-refractivity contribution in [1.82, 2.24) is 4.90 Å². The van der Waals surface area contributed by atoms with Crippen LogP contribution in [0.4, 0.5) is 0 Å². The first-order chi connectivity index (χ1) is 6.88. The molecule has 0 atom stereocenters. The van der Waals surface area contributed by atoms with E-state index in [0.29, 0.717) is 5.33 Å². The summed E-state index contributed by atoms with van der Waals surface area (Å²) in [5.41, 5.74) is -0.268. The van der Waals surface area contributed by atoms with Crippen molar-refractivity contribution in [2.45, 2.75) is 19.4 Å². The van der Waals surface area contributed by atoms with E-state index in [1.807, 2.05) is 13.8 Å². The summed E-state index contributed by atoms with van der Waals surface area (Å²) < 4.78 is 5.06. The third-order valence-corrected chi connectivity index (χ3v) is 3.90. The van der Waals surface area contributed by atoms with Crippen LogP contribution in [0.1, 0.15) is 24.4 Å². The summed E-state index contributed by atoms with van der Waals surface area (Å²) in [6.07, 6.45) is 0. The molecule has 5 heteroatoms. The molecule has 1 rings (SSSR count). The maximum absolute atomic E-state index is 11.9. The molecule has 1 amide bonds. The van der Waals surface area contributed by atoms with Crippen LogP contribution in [0.3, 0.4) is 0 Å². The van der Waals surface area contributed by atoms with Crippen molar-refractivity contribution in [3.05, 3.63) is 23.1 Å². The number of hydrogen-bond acceptors (Lipinski definition) is 2. The highest BCUT2D eigenvalue weighted by atomic mass is 79.9. The average molecular weight is 295 g/mol. The molecule has 0 aliphatic heterocycles. The number of halogens is 2. The predicted molar refractivity (Wildman–Crippen MR) is 63.7 cm³/mol. The number of furan rings is 1. The molecule has 0 unspecified atom stereocenters. The van der Waals surface area contributed by atoms with Crippen LogP contribution < -0.4 is 0 Å². The molecule has 84 valence electrons. The van der Waals surface area contributed by atoms with Crippen LogP contribution >= 0.6 is 27.5 Å². The molecule has 1 heterocycles. The van der Waals surface area contributed by atoms with Gasteiger partial charge in [-0.15, -0.1) is 0 Å². The van der Waals surface area contributed by atoms with Gasteiger partial charge in [0.1, 0.15) is 0 Å². The molecule has 0 aliphatic carbocycles. The quantitative estimate of drug-likeness (QED) is 0.802. The fourth-order valence-corrected chi connectivity index (χ4v) is 1.48. The molecule has 0 saturated heterocycles. The van der Waals surface area contributed by atoms with Gasteiger partial charge in [-0.2, -0.15) is 0 Å². The Balaban J connectivity index is 2.86. The van der Waals surface area contributed by atoms with Gasteiger partial charge in [0.15, 0.2) is 11.0 Å². The molecule has 1 aromatic rings. The molecule has 0 radical (unpaired) electrons. The maximum atomic E-state index is 11.9. The third-order valence-electron chi connectivity index (χ3n) is 2.32. The lowest BCUT2D eigenvalue weighted by molar-refractivity contribution is 0.0631. The van der Waals surface area contributed by atoms with E-state index in [4.69, 9.17) is 16.0 Å². The lowest BCUT2D eigenvalue weighted by Gasteiger charge is -2.33. The van der Waals surface area contributed by atoms with Crippen LogP contribution in [-0.2, 0) is 0 Å². The molecule has 0 aliphatic rings. The second-order valence-corrected chi connectivity index (χ2v) is 4.85. The summed E-state index contributed by atoms with van der Waals surface area (Å²) in [5, 5.41) is 0.917. The number of carbonyl (C=O) groups is 1. The van der Waals surface area contributed by atoms with Gasteiger partial charge < -0.3 is 9.32 Å². The van der Waals surface area contributed by atoms with E-state index in [-0.39, 0.29) is 22.4 Å². The summed E-state index contributed by atoms with van der Waals surface area (Å²) in [6.45, 7) is 3.92. The Labute approximate surface area is 103 Å². The van der Waals surface area contributed by atoms with Crippen LogP contribution in [0.15, 0.2) is 16.5 Å². The first-order valence-corrected chi connectivity index (χ1v) is 5.98. The Hall–Kier alpha value is -0.480. The molecule has 0 spiro atoms. The first-order valence-electron chi connectivity index (χ1n) is 4.48. The lowest BCUT2D eigenvalue weighted by Crippen LogP contribution is -2.46. The molecule has 0 fully saturated rings. The number of hydrogen-bond donors (Lipinski definition) is 0. The van der Waals surface area contributed by atoms with Crippen molar-refractivity contribution >= 4 is 33.4 Å². The van der Waals surface area contributed by atoms with Crippen molar-refractivity contribution in [2.75, 3.05) is 12.4 Å². The summed E-state index contributed by atoms with van der Waals surface area (Å²) in [6, 6.07) is 3.13. The Morgan fingerprint density at radius 1 is 1.60 bits per heavy atom. The third kappa shape index (κ3) is 2.75. The van der Waals surface area contributed by atoms with Gasteiger partial charge in [-0.05, 0) is 37.6 Å². The van der Waals surface area contributed by atoms with Gasteiger partial charge in [0.05, 0.1) is 0 Å². The minimum Gasteiger partial charge on any atom is -0.440 e. The van der Waals surface area contributed by atoms with Crippen LogP contribution in [0, 0.1) is 0 Å². The second kappa shape index (κ2) is 4.58. The van der Waals surface area contributed by atoms with Crippen molar-refractivity contribution < 1.29 is 9.21 Å². The summed E-state index contributed by atoms with van der Waals surface area (Å²) >= 11 is 8.98.